The average molecular weight is 568 g/mol. The van der Waals surface area contributed by atoms with E-state index in [0.29, 0.717) is 11.1 Å². The summed E-state index contributed by atoms with van der Waals surface area (Å²) in [6.07, 6.45) is 0. The van der Waals surface area contributed by atoms with E-state index in [9.17, 15) is 28.1 Å². The lowest BCUT2D eigenvalue weighted by atomic mass is 10.00. The van der Waals surface area contributed by atoms with Crippen molar-refractivity contribution >= 4 is 38.7 Å². The molecule has 4 aromatic rings. The predicted molar refractivity (Wildman–Crippen MR) is 155 cm³/mol. The molecule has 1 aliphatic heterocycles. The average Bonchev–Trinajstić information content (AvgIpc) is 2.96. The van der Waals surface area contributed by atoms with Crippen molar-refractivity contribution in [3.05, 3.63) is 141 Å². The number of carbonyl (C=O) groups excluding carboxylic acids is 2. The molecule has 10 heteroatoms. The van der Waals surface area contributed by atoms with Crippen LogP contribution in [0.5, 0.6) is 0 Å². The van der Waals surface area contributed by atoms with Crippen molar-refractivity contribution in [2.45, 2.75) is 18.7 Å². The number of sulfonamides is 1. The molecule has 0 saturated carbocycles. The van der Waals surface area contributed by atoms with Crippen molar-refractivity contribution in [3.8, 4) is 0 Å². The topological polar surface area (TPSA) is 127 Å². The molecule has 0 unspecified atom stereocenters. The van der Waals surface area contributed by atoms with Crippen LogP contribution < -0.4 is 5.32 Å². The van der Waals surface area contributed by atoms with Crippen LogP contribution in [0.3, 0.4) is 0 Å². The number of rotatable bonds is 8. The fourth-order valence-corrected chi connectivity index (χ4v) is 6.49. The second-order valence-corrected chi connectivity index (χ2v) is 11.4. The maximum absolute atomic E-state index is 14.1. The van der Waals surface area contributed by atoms with E-state index in [1.165, 1.54) is 48.5 Å². The van der Waals surface area contributed by atoms with Crippen LogP contribution in [0.15, 0.2) is 108 Å². The number of para-hydroxylation sites is 2. The molecular weight excluding hydrogens is 542 g/mol. The van der Waals surface area contributed by atoms with Gasteiger partial charge in [0, 0.05) is 22.8 Å². The lowest BCUT2D eigenvalue weighted by molar-refractivity contribution is -0.383. The van der Waals surface area contributed by atoms with Crippen molar-refractivity contribution in [1.29, 1.82) is 0 Å². The summed E-state index contributed by atoms with van der Waals surface area (Å²) >= 11 is 0. The quantitative estimate of drug-likeness (QED) is 0.163. The molecule has 0 spiro atoms. The van der Waals surface area contributed by atoms with E-state index in [0.717, 1.165) is 9.87 Å². The number of nitro benzene ring substituents is 1. The van der Waals surface area contributed by atoms with Crippen molar-refractivity contribution in [2.75, 3.05) is 11.9 Å². The molecule has 41 heavy (non-hydrogen) atoms. The Bertz CT molecular complexity index is 1850. The highest BCUT2D eigenvalue weighted by atomic mass is 32.2. The van der Waals surface area contributed by atoms with Gasteiger partial charge in [0.15, 0.2) is 5.78 Å². The van der Waals surface area contributed by atoms with Gasteiger partial charge in [-0.3, -0.25) is 24.0 Å². The summed E-state index contributed by atoms with van der Waals surface area (Å²) in [4.78, 5) is 38.8. The molecule has 0 aliphatic carbocycles. The Kier molecular flexibility index (Phi) is 7.25. The molecule has 0 bridgehead atoms. The van der Waals surface area contributed by atoms with Gasteiger partial charge in [-0.15, -0.1) is 0 Å². The van der Waals surface area contributed by atoms with Gasteiger partial charge in [0.2, 0.25) is 5.78 Å². The number of Topliss-reactive ketones (excluding diaryl/α,β-unsaturated/α-hetero) is 2. The summed E-state index contributed by atoms with van der Waals surface area (Å²) in [6.45, 7) is 2.98. The summed E-state index contributed by atoms with van der Waals surface area (Å²) < 4.78 is 29.0. The van der Waals surface area contributed by atoms with E-state index in [1.807, 2.05) is 13.0 Å². The lowest BCUT2D eigenvalue weighted by Gasteiger charge is -2.33. The molecule has 0 atom stereocenters. The standard InChI is InChI=1S/C31H25N3O6S/c1-20-16-17-23(21(2)18-20)27(35)19-33-30(31(36)22-10-4-3-5-11-22)29(24-12-6-9-15-28(24)41(33,39)40)32-25-13-7-8-14-26(25)34(37)38/h3-18,32H,19H2,1-2H3. The number of carbonyl (C=O) groups is 2. The normalized spacial score (nSPS) is 13.9. The molecule has 9 nitrogen and oxygen atoms in total. The van der Waals surface area contributed by atoms with Crippen LogP contribution in [-0.2, 0) is 10.0 Å². The lowest BCUT2D eigenvalue weighted by Crippen LogP contribution is -2.42. The predicted octanol–water partition coefficient (Wildman–Crippen LogP) is 5.76. The number of ketones is 2. The third kappa shape index (κ3) is 5.12. The monoisotopic (exact) mass is 567 g/mol. The molecule has 1 heterocycles. The second-order valence-electron chi connectivity index (χ2n) is 9.57. The number of benzene rings is 4. The van der Waals surface area contributed by atoms with Crippen molar-refractivity contribution in [1.82, 2.24) is 4.31 Å². The van der Waals surface area contributed by atoms with Gasteiger partial charge >= 0.3 is 0 Å². The van der Waals surface area contributed by atoms with Crippen LogP contribution in [-0.4, -0.2) is 35.8 Å². The zero-order chi connectivity index (χ0) is 29.3. The number of nitrogens with zero attached hydrogens (tertiary/aromatic N) is 2. The molecule has 0 radical (unpaired) electrons. The summed E-state index contributed by atoms with van der Waals surface area (Å²) in [5, 5.41) is 14.8. The van der Waals surface area contributed by atoms with Crippen molar-refractivity contribution < 1.29 is 22.9 Å². The minimum absolute atomic E-state index is 0.0343. The summed E-state index contributed by atoms with van der Waals surface area (Å²) in [5.41, 5.74) is 1.78. The maximum atomic E-state index is 14.1. The van der Waals surface area contributed by atoms with E-state index in [2.05, 4.69) is 5.32 Å². The van der Waals surface area contributed by atoms with E-state index in [4.69, 9.17) is 0 Å². The summed E-state index contributed by atoms with van der Waals surface area (Å²) in [5.74, 6) is -1.17. The van der Waals surface area contributed by atoms with Crippen molar-refractivity contribution in [3.63, 3.8) is 0 Å². The Hall–Kier alpha value is -5.09. The molecule has 0 fully saturated rings. The Balaban J connectivity index is 1.77. The number of aryl methyl sites for hydroxylation is 2. The smallest absolute Gasteiger partial charge is 0.292 e. The maximum Gasteiger partial charge on any atom is 0.292 e. The van der Waals surface area contributed by atoms with Gasteiger partial charge in [-0.1, -0.05) is 84.4 Å². The molecule has 0 aromatic heterocycles. The largest absolute Gasteiger partial charge is 0.348 e. The fraction of sp³-hybridized carbons (Fsp3) is 0.0968. The molecule has 0 saturated heterocycles. The van der Waals surface area contributed by atoms with Crippen LogP contribution >= 0.6 is 0 Å². The molecule has 0 amide bonds. The number of fused-ring (bicyclic) bond motifs is 1. The molecule has 5 rings (SSSR count). The highest BCUT2D eigenvalue weighted by Gasteiger charge is 2.41. The summed E-state index contributed by atoms with van der Waals surface area (Å²) in [6, 6.07) is 25.2. The molecular formula is C31H25N3O6S. The van der Waals surface area contributed by atoms with Gasteiger partial charge in [-0.25, -0.2) is 8.42 Å². The molecule has 1 aliphatic rings. The van der Waals surface area contributed by atoms with Gasteiger partial charge in [0.1, 0.15) is 11.4 Å². The Morgan fingerprint density at radius 2 is 1.54 bits per heavy atom. The fourth-order valence-electron chi connectivity index (χ4n) is 4.85. The first kappa shape index (κ1) is 27.5. The first-order valence-corrected chi connectivity index (χ1v) is 14.1. The third-order valence-electron chi connectivity index (χ3n) is 6.79. The van der Waals surface area contributed by atoms with Gasteiger partial charge in [-0.05, 0) is 31.5 Å². The SMILES string of the molecule is Cc1ccc(C(=O)CN2C(C(=O)c3ccccc3)=C(Nc3ccccc3[N+](=O)[O-])c3ccccc3S2(=O)=O)c(C)c1. The van der Waals surface area contributed by atoms with Crippen LogP contribution in [0.1, 0.15) is 37.4 Å². The minimum Gasteiger partial charge on any atom is -0.348 e. The first-order chi connectivity index (χ1) is 19.6. The Morgan fingerprint density at radius 1 is 0.878 bits per heavy atom. The zero-order valence-corrected chi connectivity index (χ0v) is 23.0. The highest BCUT2D eigenvalue weighted by Crippen LogP contribution is 2.40. The summed E-state index contributed by atoms with van der Waals surface area (Å²) in [7, 11) is -4.40. The Labute approximate surface area is 237 Å². The van der Waals surface area contributed by atoms with E-state index < -0.39 is 33.1 Å². The van der Waals surface area contributed by atoms with Crippen LogP contribution in [0.2, 0.25) is 0 Å². The van der Waals surface area contributed by atoms with E-state index >= 15 is 0 Å². The minimum atomic E-state index is -4.40. The number of nitro groups is 1. The van der Waals surface area contributed by atoms with Gasteiger partial charge < -0.3 is 5.32 Å². The number of nitrogens with one attached hydrogen (secondary N) is 1. The van der Waals surface area contributed by atoms with Gasteiger partial charge in [0.25, 0.3) is 15.7 Å². The van der Waals surface area contributed by atoms with Gasteiger partial charge in [-0.2, -0.15) is 0 Å². The van der Waals surface area contributed by atoms with E-state index in [-0.39, 0.29) is 38.8 Å². The van der Waals surface area contributed by atoms with Crippen molar-refractivity contribution in [2.24, 2.45) is 0 Å². The van der Waals surface area contributed by atoms with E-state index in [1.54, 1.807) is 49.4 Å². The molecule has 1 N–H and O–H groups in total. The number of hydrogen-bond acceptors (Lipinski definition) is 7. The van der Waals surface area contributed by atoms with Crippen LogP contribution in [0.25, 0.3) is 5.70 Å². The number of hydrogen-bond donors (Lipinski definition) is 1. The first-order valence-electron chi connectivity index (χ1n) is 12.7. The van der Waals surface area contributed by atoms with Gasteiger partial charge in [0.05, 0.1) is 22.1 Å². The number of anilines is 1. The van der Waals surface area contributed by atoms with Crippen LogP contribution in [0, 0.1) is 24.0 Å². The highest BCUT2D eigenvalue weighted by molar-refractivity contribution is 7.89. The van der Waals surface area contributed by atoms with Crippen LogP contribution in [0.4, 0.5) is 11.4 Å². The number of allylic oxidation sites excluding steroid dienone is 1. The Morgan fingerprint density at radius 3 is 2.24 bits per heavy atom. The third-order valence-corrected chi connectivity index (χ3v) is 8.60. The molecule has 206 valence electrons. The zero-order valence-electron chi connectivity index (χ0n) is 22.2. The second kappa shape index (κ2) is 10.8. The molecule has 4 aromatic carbocycles.